The van der Waals surface area contributed by atoms with Crippen LogP contribution in [0.5, 0.6) is 0 Å². The molecular formula is C20H26F2N4O2S. The number of halogens is 2. The molecular weight excluding hydrogens is 398 g/mol. The maximum absolute atomic E-state index is 13.7. The Morgan fingerprint density at radius 3 is 2.55 bits per heavy atom. The van der Waals surface area contributed by atoms with E-state index in [4.69, 9.17) is 0 Å². The lowest BCUT2D eigenvalue weighted by Gasteiger charge is -2.39. The number of aliphatic hydroxyl groups is 1. The fourth-order valence-corrected chi connectivity index (χ4v) is 3.86. The van der Waals surface area contributed by atoms with Crippen molar-refractivity contribution in [2.45, 2.75) is 70.6 Å². The van der Waals surface area contributed by atoms with Gasteiger partial charge in [-0.2, -0.15) is 0 Å². The number of amides is 1. The minimum absolute atomic E-state index is 0.0964. The standard InChI is InChI=1S/C20H26F2N4O2S/c1-11(19(2,3)28)25-17(27)18-24-10-14(29-18)13-9-23-15(8-12(13)16(21)22)26-20(4)6-5-7-20/h8-11,16,28H,5-7H2,1-4H3,(H,23,26)(H,25,27)/t11-/m0/s1. The Kier molecular flexibility index (Phi) is 5.91. The second-order valence-corrected chi connectivity index (χ2v) is 9.41. The number of thiazole rings is 1. The van der Waals surface area contributed by atoms with E-state index in [0.29, 0.717) is 10.7 Å². The molecule has 29 heavy (non-hydrogen) atoms. The van der Waals surface area contributed by atoms with E-state index in [0.717, 1.165) is 30.6 Å². The average Bonchev–Trinajstić information content (AvgIpc) is 3.09. The molecule has 0 aliphatic heterocycles. The lowest BCUT2D eigenvalue weighted by molar-refractivity contribution is 0.0409. The molecule has 1 saturated carbocycles. The number of carbonyl (C=O) groups excluding carboxylic acids is 1. The first-order valence-electron chi connectivity index (χ1n) is 9.54. The van der Waals surface area contributed by atoms with Crippen molar-refractivity contribution in [2.24, 2.45) is 0 Å². The summed E-state index contributed by atoms with van der Waals surface area (Å²) >= 11 is 1.01. The van der Waals surface area contributed by atoms with Crippen molar-refractivity contribution in [1.82, 2.24) is 15.3 Å². The predicted octanol–water partition coefficient (Wildman–Crippen LogP) is 4.39. The third-order valence-corrected chi connectivity index (χ3v) is 6.46. The molecule has 0 aromatic carbocycles. The number of aromatic nitrogens is 2. The highest BCUT2D eigenvalue weighted by atomic mass is 32.1. The number of pyridine rings is 1. The first kappa shape index (κ1) is 21.6. The van der Waals surface area contributed by atoms with Gasteiger partial charge in [0.1, 0.15) is 5.82 Å². The van der Waals surface area contributed by atoms with Crippen LogP contribution < -0.4 is 10.6 Å². The maximum atomic E-state index is 13.7. The van der Waals surface area contributed by atoms with Gasteiger partial charge in [0.2, 0.25) is 0 Å². The van der Waals surface area contributed by atoms with Crippen LogP contribution in [0, 0.1) is 0 Å². The van der Waals surface area contributed by atoms with Crippen LogP contribution in [0.1, 0.15) is 68.7 Å². The highest BCUT2D eigenvalue weighted by molar-refractivity contribution is 7.17. The first-order valence-corrected chi connectivity index (χ1v) is 10.4. The Balaban J connectivity index is 1.82. The largest absolute Gasteiger partial charge is 0.388 e. The Morgan fingerprint density at radius 2 is 2.00 bits per heavy atom. The molecule has 2 heterocycles. The zero-order valence-electron chi connectivity index (χ0n) is 16.9. The zero-order chi connectivity index (χ0) is 21.4. The SMILES string of the molecule is C[C@H](NC(=O)c1ncc(-c2cnc(NC3(C)CCC3)cc2C(F)F)s1)C(C)(C)O. The third kappa shape index (κ3) is 4.90. The molecule has 0 unspecified atom stereocenters. The topological polar surface area (TPSA) is 87.1 Å². The molecule has 1 fully saturated rings. The number of hydrogen-bond donors (Lipinski definition) is 3. The number of carbonyl (C=O) groups is 1. The number of rotatable bonds is 7. The van der Waals surface area contributed by atoms with E-state index in [2.05, 4.69) is 27.5 Å². The van der Waals surface area contributed by atoms with E-state index >= 15 is 0 Å². The zero-order valence-corrected chi connectivity index (χ0v) is 17.7. The van der Waals surface area contributed by atoms with Crippen molar-refractivity contribution in [3.63, 3.8) is 0 Å². The van der Waals surface area contributed by atoms with Crippen LogP contribution >= 0.6 is 11.3 Å². The minimum Gasteiger partial charge on any atom is -0.388 e. The van der Waals surface area contributed by atoms with Crippen molar-refractivity contribution >= 4 is 23.1 Å². The highest BCUT2D eigenvalue weighted by Gasteiger charge is 2.32. The Bertz CT molecular complexity index is 891. The smallest absolute Gasteiger partial charge is 0.280 e. The van der Waals surface area contributed by atoms with Gasteiger partial charge in [-0.3, -0.25) is 4.79 Å². The number of anilines is 1. The lowest BCUT2D eigenvalue weighted by atomic mass is 9.78. The van der Waals surface area contributed by atoms with E-state index in [1.54, 1.807) is 20.8 Å². The van der Waals surface area contributed by atoms with Gasteiger partial charge in [0.25, 0.3) is 12.3 Å². The monoisotopic (exact) mass is 424 g/mol. The van der Waals surface area contributed by atoms with Crippen molar-refractivity contribution in [2.75, 3.05) is 5.32 Å². The summed E-state index contributed by atoms with van der Waals surface area (Å²) in [5.41, 5.74) is -1.08. The maximum Gasteiger partial charge on any atom is 0.280 e. The van der Waals surface area contributed by atoms with Gasteiger partial charge in [0.15, 0.2) is 5.01 Å². The van der Waals surface area contributed by atoms with Gasteiger partial charge >= 0.3 is 0 Å². The number of hydrogen-bond acceptors (Lipinski definition) is 6. The summed E-state index contributed by atoms with van der Waals surface area (Å²) in [6.07, 6.45) is 3.20. The summed E-state index contributed by atoms with van der Waals surface area (Å²) < 4.78 is 27.4. The van der Waals surface area contributed by atoms with Crippen molar-refractivity contribution in [1.29, 1.82) is 0 Å². The molecule has 1 aliphatic carbocycles. The number of alkyl halides is 2. The van der Waals surface area contributed by atoms with E-state index in [-0.39, 0.29) is 21.7 Å². The van der Waals surface area contributed by atoms with E-state index in [9.17, 15) is 18.7 Å². The molecule has 3 N–H and O–H groups in total. The highest BCUT2D eigenvalue weighted by Crippen LogP contribution is 2.38. The normalized spacial score (nSPS) is 17.0. The molecule has 1 atom stereocenters. The van der Waals surface area contributed by atoms with Crippen LogP contribution in [0.3, 0.4) is 0 Å². The van der Waals surface area contributed by atoms with Crippen molar-refractivity contribution in [3.05, 3.63) is 29.0 Å². The molecule has 2 aromatic rings. The average molecular weight is 425 g/mol. The van der Waals surface area contributed by atoms with E-state index in [1.807, 2.05) is 0 Å². The van der Waals surface area contributed by atoms with E-state index < -0.39 is 24.0 Å². The van der Waals surface area contributed by atoms with Crippen LogP contribution in [0.4, 0.5) is 14.6 Å². The Morgan fingerprint density at radius 1 is 1.31 bits per heavy atom. The lowest BCUT2D eigenvalue weighted by Crippen LogP contribution is -2.47. The second-order valence-electron chi connectivity index (χ2n) is 8.38. The summed E-state index contributed by atoms with van der Waals surface area (Å²) in [6, 6.07) is 0.873. The fourth-order valence-electron chi connectivity index (χ4n) is 3.01. The van der Waals surface area contributed by atoms with Crippen LogP contribution in [0.2, 0.25) is 0 Å². The molecule has 2 aromatic heterocycles. The first-order chi connectivity index (χ1) is 13.5. The third-order valence-electron chi connectivity index (χ3n) is 5.43. The second kappa shape index (κ2) is 7.95. The quantitative estimate of drug-likeness (QED) is 0.614. The minimum atomic E-state index is -2.68. The molecule has 6 nitrogen and oxygen atoms in total. The van der Waals surface area contributed by atoms with Gasteiger partial charge < -0.3 is 15.7 Å². The van der Waals surface area contributed by atoms with Crippen molar-refractivity contribution in [3.8, 4) is 10.4 Å². The summed E-state index contributed by atoms with van der Waals surface area (Å²) in [4.78, 5) is 21.2. The Hall–Kier alpha value is -2.13. The number of nitrogens with zero attached hydrogens (tertiary/aromatic N) is 2. The molecule has 0 saturated heterocycles. The van der Waals surface area contributed by atoms with Gasteiger partial charge in [-0.25, -0.2) is 18.7 Å². The molecule has 1 aliphatic rings. The van der Waals surface area contributed by atoms with Crippen LogP contribution in [0.25, 0.3) is 10.4 Å². The van der Waals surface area contributed by atoms with Gasteiger partial charge in [0, 0.05) is 29.1 Å². The fraction of sp³-hybridized carbons (Fsp3) is 0.550. The van der Waals surface area contributed by atoms with Crippen LogP contribution in [-0.4, -0.2) is 38.2 Å². The number of nitrogens with one attached hydrogen (secondary N) is 2. The molecule has 3 rings (SSSR count). The molecule has 0 radical (unpaired) electrons. The van der Waals surface area contributed by atoms with Crippen LogP contribution in [-0.2, 0) is 0 Å². The van der Waals surface area contributed by atoms with Gasteiger partial charge in [0.05, 0.1) is 16.5 Å². The predicted molar refractivity (Wildman–Crippen MR) is 109 cm³/mol. The van der Waals surface area contributed by atoms with Gasteiger partial charge in [-0.05, 0) is 53.0 Å². The molecule has 1 amide bonds. The molecule has 158 valence electrons. The van der Waals surface area contributed by atoms with Gasteiger partial charge in [-0.1, -0.05) is 0 Å². The summed E-state index contributed by atoms with van der Waals surface area (Å²) in [5.74, 6) is -0.0358. The molecule has 9 heteroatoms. The van der Waals surface area contributed by atoms with Crippen LogP contribution in [0.15, 0.2) is 18.5 Å². The summed E-state index contributed by atoms with van der Waals surface area (Å²) in [7, 11) is 0. The van der Waals surface area contributed by atoms with E-state index in [1.165, 1.54) is 18.5 Å². The molecule has 0 bridgehead atoms. The summed E-state index contributed by atoms with van der Waals surface area (Å²) in [6.45, 7) is 6.91. The Labute approximate surface area is 172 Å². The molecule has 0 spiro atoms. The van der Waals surface area contributed by atoms with Crippen molar-refractivity contribution < 1.29 is 18.7 Å². The summed E-state index contributed by atoms with van der Waals surface area (Å²) in [5, 5.41) is 16.0. The van der Waals surface area contributed by atoms with Gasteiger partial charge in [-0.15, -0.1) is 11.3 Å².